The van der Waals surface area contributed by atoms with Gasteiger partial charge in [0.05, 0.1) is 0 Å². The third-order valence-corrected chi connectivity index (χ3v) is 3.32. The Balaban J connectivity index is 0.00000484. The minimum atomic E-state index is -0.0161. The van der Waals surface area contributed by atoms with Crippen LogP contribution in [0.5, 0.6) is 0 Å². The Labute approximate surface area is 145 Å². The summed E-state index contributed by atoms with van der Waals surface area (Å²) in [5.74, 6) is -0.0288. The van der Waals surface area contributed by atoms with E-state index in [4.69, 9.17) is 0 Å². The Morgan fingerprint density at radius 1 is 1.09 bits per heavy atom. The smallest absolute Gasteiger partial charge is 0.221 e. The van der Waals surface area contributed by atoms with Gasteiger partial charge in [-0.15, -0.1) is 12.4 Å². The minimum Gasteiger partial charge on any atom is -0.355 e. The van der Waals surface area contributed by atoms with Gasteiger partial charge in [0.2, 0.25) is 11.8 Å². The number of nitrogens with one attached hydrogen (secondary N) is 2. The number of nitrogens with zero attached hydrogens (tertiary/aromatic N) is 1. The van der Waals surface area contributed by atoms with E-state index in [0.29, 0.717) is 26.1 Å². The summed E-state index contributed by atoms with van der Waals surface area (Å²) in [4.78, 5) is 25.2. The van der Waals surface area contributed by atoms with Crippen LogP contribution in [-0.2, 0) is 16.1 Å². The zero-order valence-corrected chi connectivity index (χ0v) is 14.8. The Morgan fingerprint density at radius 3 is 2.39 bits per heavy atom. The Hall–Kier alpha value is -1.59. The maximum absolute atomic E-state index is 11.8. The van der Waals surface area contributed by atoms with Crippen LogP contribution in [0.15, 0.2) is 30.3 Å². The van der Waals surface area contributed by atoms with E-state index in [0.717, 1.165) is 25.1 Å². The number of amides is 2. The van der Waals surface area contributed by atoms with Crippen molar-refractivity contribution < 1.29 is 9.59 Å². The van der Waals surface area contributed by atoms with Crippen LogP contribution < -0.4 is 10.6 Å². The molecule has 0 radical (unpaired) electrons. The van der Waals surface area contributed by atoms with Crippen molar-refractivity contribution in [1.82, 2.24) is 15.5 Å². The number of halogens is 1. The monoisotopic (exact) mass is 341 g/mol. The van der Waals surface area contributed by atoms with Gasteiger partial charge in [-0.25, -0.2) is 0 Å². The SMILES string of the molecule is CCCNCCNC(=O)CCN(Cc1ccccc1)C(C)=O.Cl. The van der Waals surface area contributed by atoms with Crippen LogP contribution in [0.1, 0.15) is 32.3 Å². The van der Waals surface area contributed by atoms with E-state index in [1.165, 1.54) is 6.92 Å². The van der Waals surface area contributed by atoms with Gasteiger partial charge in [0.25, 0.3) is 0 Å². The molecular weight excluding hydrogens is 314 g/mol. The molecule has 0 saturated heterocycles. The van der Waals surface area contributed by atoms with Crippen molar-refractivity contribution in [3.05, 3.63) is 35.9 Å². The van der Waals surface area contributed by atoms with Crippen molar-refractivity contribution >= 4 is 24.2 Å². The van der Waals surface area contributed by atoms with E-state index in [-0.39, 0.29) is 24.2 Å². The molecular formula is C17H28ClN3O2. The Kier molecular flexibility index (Phi) is 12.0. The Morgan fingerprint density at radius 2 is 1.78 bits per heavy atom. The molecule has 1 aromatic carbocycles. The third-order valence-electron chi connectivity index (χ3n) is 3.32. The molecule has 2 amide bonds. The fourth-order valence-corrected chi connectivity index (χ4v) is 2.07. The summed E-state index contributed by atoms with van der Waals surface area (Å²) in [6.45, 7) is 6.99. The molecule has 0 aliphatic carbocycles. The van der Waals surface area contributed by atoms with Crippen LogP contribution in [0.4, 0.5) is 0 Å². The van der Waals surface area contributed by atoms with Gasteiger partial charge in [-0.05, 0) is 18.5 Å². The predicted octanol–water partition coefficient (Wildman–Crippen LogP) is 1.96. The Bertz CT molecular complexity index is 454. The highest BCUT2D eigenvalue weighted by Gasteiger charge is 2.11. The number of hydrogen-bond acceptors (Lipinski definition) is 3. The van der Waals surface area contributed by atoms with Gasteiger partial charge >= 0.3 is 0 Å². The molecule has 6 heteroatoms. The molecule has 0 aliphatic rings. The topological polar surface area (TPSA) is 61.4 Å². The molecule has 0 heterocycles. The molecule has 0 atom stereocenters. The van der Waals surface area contributed by atoms with Crippen molar-refractivity contribution in [2.24, 2.45) is 0 Å². The van der Waals surface area contributed by atoms with E-state index < -0.39 is 0 Å². The second-order valence-corrected chi connectivity index (χ2v) is 5.28. The summed E-state index contributed by atoms with van der Waals surface area (Å²) in [5, 5.41) is 6.09. The molecule has 0 bridgehead atoms. The number of carbonyl (C=O) groups excluding carboxylic acids is 2. The summed E-state index contributed by atoms with van der Waals surface area (Å²) in [6.07, 6.45) is 1.42. The van der Waals surface area contributed by atoms with E-state index in [1.807, 2.05) is 30.3 Å². The van der Waals surface area contributed by atoms with Crippen LogP contribution in [0.2, 0.25) is 0 Å². The molecule has 5 nitrogen and oxygen atoms in total. The predicted molar refractivity (Wildman–Crippen MR) is 95.6 cm³/mol. The van der Waals surface area contributed by atoms with Gasteiger partial charge in [-0.1, -0.05) is 37.3 Å². The number of benzene rings is 1. The van der Waals surface area contributed by atoms with Crippen LogP contribution in [-0.4, -0.2) is 42.9 Å². The summed E-state index contributed by atoms with van der Waals surface area (Å²) in [7, 11) is 0. The fraction of sp³-hybridized carbons (Fsp3) is 0.529. The normalized spacial score (nSPS) is 9.83. The summed E-state index contributed by atoms with van der Waals surface area (Å²) < 4.78 is 0. The molecule has 0 unspecified atom stereocenters. The first-order valence-corrected chi connectivity index (χ1v) is 7.90. The summed E-state index contributed by atoms with van der Waals surface area (Å²) >= 11 is 0. The van der Waals surface area contributed by atoms with Gasteiger partial charge in [-0.3, -0.25) is 9.59 Å². The van der Waals surface area contributed by atoms with Crippen molar-refractivity contribution in [3.63, 3.8) is 0 Å². The molecule has 1 rings (SSSR count). The van der Waals surface area contributed by atoms with E-state index in [9.17, 15) is 9.59 Å². The second kappa shape index (κ2) is 12.9. The largest absolute Gasteiger partial charge is 0.355 e. The van der Waals surface area contributed by atoms with Crippen LogP contribution in [0.3, 0.4) is 0 Å². The maximum atomic E-state index is 11.8. The lowest BCUT2D eigenvalue weighted by atomic mass is 10.2. The average molecular weight is 342 g/mol. The number of rotatable bonds is 10. The molecule has 2 N–H and O–H groups in total. The van der Waals surface area contributed by atoms with Gasteiger partial charge in [0, 0.05) is 39.5 Å². The summed E-state index contributed by atoms with van der Waals surface area (Å²) in [6, 6.07) is 9.81. The van der Waals surface area contributed by atoms with E-state index in [1.54, 1.807) is 4.90 Å². The van der Waals surface area contributed by atoms with Crippen molar-refractivity contribution in [1.29, 1.82) is 0 Å². The standard InChI is InChI=1S/C17H27N3O2.ClH/c1-3-10-18-11-12-19-17(22)9-13-20(15(2)21)14-16-7-5-4-6-8-16;/h4-8,18H,3,9-14H2,1-2H3,(H,19,22);1H. The molecule has 1 aromatic rings. The number of hydrogen-bond donors (Lipinski definition) is 2. The van der Waals surface area contributed by atoms with Gasteiger partial charge in [0.15, 0.2) is 0 Å². The highest BCUT2D eigenvalue weighted by atomic mass is 35.5. The third kappa shape index (κ3) is 9.92. The lowest BCUT2D eigenvalue weighted by molar-refractivity contribution is -0.130. The zero-order valence-electron chi connectivity index (χ0n) is 14.0. The van der Waals surface area contributed by atoms with Crippen molar-refractivity contribution in [3.8, 4) is 0 Å². The first-order chi connectivity index (χ1) is 10.6. The van der Waals surface area contributed by atoms with E-state index in [2.05, 4.69) is 17.6 Å². The quantitative estimate of drug-likeness (QED) is 0.639. The average Bonchev–Trinajstić information content (AvgIpc) is 2.52. The zero-order chi connectivity index (χ0) is 16.2. The van der Waals surface area contributed by atoms with Crippen molar-refractivity contribution in [2.45, 2.75) is 33.2 Å². The molecule has 0 fully saturated rings. The molecule has 0 saturated carbocycles. The summed E-state index contributed by atoms with van der Waals surface area (Å²) in [5.41, 5.74) is 1.07. The first kappa shape index (κ1) is 21.4. The van der Waals surface area contributed by atoms with E-state index >= 15 is 0 Å². The van der Waals surface area contributed by atoms with Crippen LogP contribution in [0, 0.1) is 0 Å². The van der Waals surface area contributed by atoms with Crippen LogP contribution in [0.25, 0.3) is 0 Å². The minimum absolute atomic E-state index is 0. The van der Waals surface area contributed by atoms with Gasteiger partial charge in [-0.2, -0.15) is 0 Å². The van der Waals surface area contributed by atoms with Crippen molar-refractivity contribution in [2.75, 3.05) is 26.2 Å². The molecule has 0 aromatic heterocycles. The highest BCUT2D eigenvalue weighted by Crippen LogP contribution is 2.05. The van der Waals surface area contributed by atoms with Gasteiger partial charge in [0.1, 0.15) is 0 Å². The molecule has 130 valence electrons. The lowest BCUT2D eigenvalue weighted by Gasteiger charge is -2.21. The highest BCUT2D eigenvalue weighted by molar-refractivity contribution is 5.85. The fourth-order valence-electron chi connectivity index (χ4n) is 2.07. The number of carbonyl (C=O) groups is 2. The first-order valence-electron chi connectivity index (χ1n) is 7.90. The van der Waals surface area contributed by atoms with Gasteiger partial charge < -0.3 is 15.5 Å². The molecule has 23 heavy (non-hydrogen) atoms. The lowest BCUT2D eigenvalue weighted by Crippen LogP contribution is -2.36. The molecule has 0 spiro atoms. The second-order valence-electron chi connectivity index (χ2n) is 5.28. The maximum Gasteiger partial charge on any atom is 0.221 e. The molecule has 0 aliphatic heterocycles. The van der Waals surface area contributed by atoms with Crippen LogP contribution >= 0.6 is 12.4 Å².